The van der Waals surface area contributed by atoms with Crippen molar-refractivity contribution >= 4 is 17.4 Å². The number of nitrogens with two attached hydrogens (primary N) is 1. The standard InChI is InChI=1S/C15H10ClFN2O/c16-11-3-1-2-10(8-11)13-14(20-19-15(13)18)9-4-6-12(17)7-5-9/h1-8H,(H2,18,19). The van der Waals surface area contributed by atoms with Gasteiger partial charge in [-0.15, -0.1) is 0 Å². The number of nitrogens with zero attached hydrogens (tertiary/aromatic N) is 1. The first-order valence-corrected chi connectivity index (χ1v) is 6.30. The van der Waals surface area contributed by atoms with Crippen molar-refractivity contribution in [2.45, 2.75) is 0 Å². The lowest BCUT2D eigenvalue weighted by molar-refractivity contribution is 0.436. The number of aromatic nitrogens is 1. The van der Waals surface area contributed by atoms with Crippen molar-refractivity contribution in [1.82, 2.24) is 5.16 Å². The quantitative estimate of drug-likeness (QED) is 0.761. The van der Waals surface area contributed by atoms with E-state index in [9.17, 15) is 4.39 Å². The van der Waals surface area contributed by atoms with Gasteiger partial charge in [0.25, 0.3) is 0 Å². The van der Waals surface area contributed by atoms with Crippen LogP contribution in [-0.2, 0) is 0 Å². The van der Waals surface area contributed by atoms with Crippen LogP contribution in [0.1, 0.15) is 0 Å². The van der Waals surface area contributed by atoms with Crippen LogP contribution in [0.2, 0.25) is 5.02 Å². The minimum atomic E-state index is -0.314. The number of anilines is 1. The van der Waals surface area contributed by atoms with Crippen LogP contribution >= 0.6 is 11.6 Å². The monoisotopic (exact) mass is 288 g/mol. The number of nitrogen functional groups attached to an aromatic ring is 1. The lowest BCUT2D eigenvalue weighted by Gasteiger charge is -2.03. The van der Waals surface area contributed by atoms with Crippen molar-refractivity contribution in [2.75, 3.05) is 5.73 Å². The number of hydrogen-bond acceptors (Lipinski definition) is 3. The lowest BCUT2D eigenvalue weighted by atomic mass is 10.0. The molecule has 0 atom stereocenters. The van der Waals surface area contributed by atoms with Crippen molar-refractivity contribution in [3.63, 3.8) is 0 Å². The first-order valence-electron chi connectivity index (χ1n) is 5.92. The Hall–Kier alpha value is -2.33. The first kappa shape index (κ1) is 12.7. The molecule has 0 unspecified atom stereocenters. The number of rotatable bonds is 2. The molecule has 3 nitrogen and oxygen atoms in total. The maximum absolute atomic E-state index is 13.0. The number of benzene rings is 2. The van der Waals surface area contributed by atoms with Gasteiger partial charge in [-0.05, 0) is 42.0 Å². The zero-order valence-corrected chi connectivity index (χ0v) is 11.1. The van der Waals surface area contributed by atoms with Crippen molar-refractivity contribution in [2.24, 2.45) is 0 Å². The van der Waals surface area contributed by atoms with E-state index in [0.717, 1.165) is 5.56 Å². The molecule has 0 fully saturated rings. The summed E-state index contributed by atoms with van der Waals surface area (Å²) in [6.07, 6.45) is 0. The van der Waals surface area contributed by atoms with E-state index in [-0.39, 0.29) is 11.6 Å². The van der Waals surface area contributed by atoms with Crippen molar-refractivity contribution in [1.29, 1.82) is 0 Å². The van der Waals surface area contributed by atoms with E-state index < -0.39 is 0 Å². The third-order valence-corrected chi connectivity index (χ3v) is 3.17. The Kier molecular flexibility index (Phi) is 3.16. The van der Waals surface area contributed by atoms with Crippen LogP contribution in [-0.4, -0.2) is 5.16 Å². The summed E-state index contributed by atoms with van der Waals surface area (Å²) in [7, 11) is 0. The fourth-order valence-electron chi connectivity index (χ4n) is 2.02. The van der Waals surface area contributed by atoms with Crippen LogP contribution in [0.15, 0.2) is 53.1 Å². The molecule has 0 saturated heterocycles. The molecule has 0 aliphatic carbocycles. The second kappa shape index (κ2) is 4.98. The SMILES string of the molecule is Nc1noc(-c2ccc(F)cc2)c1-c1cccc(Cl)c1. The van der Waals surface area contributed by atoms with Gasteiger partial charge in [0.15, 0.2) is 11.6 Å². The Balaban J connectivity index is 2.17. The first-order chi connectivity index (χ1) is 9.65. The molecule has 0 saturated carbocycles. The van der Waals surface area contributed by atoms with Gasteiger partial charge in [0.05, 0.1) is 5.56 Å². The van der Waals surface area contributed by atoms with Gasteiger partial charge in [0.1, 0.15) is 5.82 Å². The normalized spacial score (nSPS) is 10.7. The minimum Gasteiger partial charge on any atom is -0.380 e. The summed E-state index contributed by atoms with van der Waals surface area (Å²) >= 11 is 5.99. The van der Waals surface area contributed by atoms with Gasteiger partial charge in [-0.3, -0.25) is 0 Å². The summed E-state index contributed by atoms with van der Waals surface area (Å²) in [5.41, 5.74) is 8.02. The van der Waals surface area contributed by atoms with E-state index in [4.69, 9.17) is 21.9 Å². The molecule has 2 aromatic carbocycles. The second-order valence-electron chi connectivity index (χ2n) is 4.29. The summed E-state index contributed by atoms with van der Waals surface area (Å²) in [6.45, 7) is 0. The smallest absolute Gasteiger partial charge is 0.176 e. The lowest BCUT2D eigenvalue weighted by Crippen LogP contribution is -1.89. The Morgan fingerprint density at radius 1 is 1.05 bits per heavy atom. The molecule has 1 aromatic heterocycles. The maximum Gasteiger partial charge on any atom is 0.176 e. The third-order valence-electron chi connectivity index (χ3n) is 2.94. The summed E-state index contributed by atoms with van der Waals surface area (Å²) in [6, 6.07) is 13.2. The molecular formula is C15H10ClFN2O. The minimum absolute atomic E-state index is 0.270. The Labute approximate surface area is 119 Å². The zero-order chi connectivity index (χ0) is 14.1. The third kappa shape index (κ3) is 2.26. The molecule has 0 bridgehead atoms. The van der Waals surface area contributed by atoms with Crippen molar-refractivity contribution in [3.05, 3.63) is 59.4 Å². The largest absolute Gasteiger partial charge is 0.380 e. The van der Waals surface area contributed by atoms with Gasteiger partial charge in [-0.1, -0.05) is 28.9 Å². The van der Waals surface area contributed by atoms with Gasteiger partial charge in [-0.25, -0.2) is 4.39 Å². The predicted octanol–water partition coefficient (Wildman–Crippen LogP) is 4.38. The van der Waals surface area contributed by atoms with Crippen LogP contribution in [0, 0.1) is 5.82 Å². The van der Waals surface area contributed by atoms with Crippen molar-refractivity contribution < 1.29 is 8.91 Å². The highest BCUT2D eigenvalue weighted by Gasteiger charge is 2.17. The summed E-state index contributed by atoms with van der Waals surface area (Å²) in [4.78, 5) is 0. The van der Waals surface area contributed by atoms with Crippen LogP contribution in [0.25, 0.3) is 22.5 Å². The summed E-state index contributed by atoms with van der Waals surface area (Å²) in [5, 5.41) is 4.38. The number of halogens is 2. The zero-order valence-electron chi connectivity index (χ0n) is 10.3. The molecule has 2 N–H and O–H groups in total. The van der Waals surface area contributed by atoms with Gasteiger partial charge in [-0.2, -0.15) is 0 Å². The predicted molar refractivity (Wildman–Crippen MR) is 76.8 cm³/mol. The molecule has 5 heteroatoms. The number of hydrogen-bond donors (Lipinski definition) is 1. The van der Waals surface area contributed by atoms with Crippen LogP contribution < -0.4 is 5.73 Å². The highest BCUT2D eigenvalue weighted by Crippen LogP contribution is 2.37. The van der Waals surface area contributed by atoms with Gasteiger partial charge in [0, 0.05) is 10.6 Å². The van der Waals surface area contributed by atoms with E-state index in [0.29, 0.717) is 21.9 Å². The van der Waals surface area contributed by atoms with Gasteiger partial charge < -0.3 is 10.3 Å². The topological polar surface area (TPSA) is 52.0 Å². The molecule has 100 valence electrons. The fourth-order valence-corrected chi connectivity index (χ4v) is 2.21. The molecule has 0 aliphatic heterocycles. The highest BCUT2D eigenvalue weighted by atomic mass is 35.5. The van der Waals surface area contributed by atoms with Crippen LogP contribution in [0.4, 0.5) is 10.2 Å². The average molecular weight is 289 g/mol. The molecule has 0 aliphatic rings. The second-order valence-corrected chi connectivity index (χ2v) is 4.73. The molecule has 0 amide bonds. The molecule has 3 rings (SSSR count). The Bertz CT molecular complexity index is 753. The van der Waals surface area contributed by atoms with Crippen LogP contribution in [0.5, 0.6) is 0 Å². The molecule has 0 spiro atoms. The summed E-state index contributed by atoms with van der Waals surface area (Å²) < 4.78 is 18.3. The molecule has 0 radical (unpaired) electrons. The Morgan fingerprint density at radius 2 is 1.80 bits per heavy atom. The van der Waals surface area contributed by atoms with Gasteiger partial charge in [0.2, 0.25) is 0 Å². The summed E-state index contributed by atoms with van der Waals surface area (Å²) in [5.74, 6) is 0.446. The molecule has 1 heterocycles. The van der Waals surface area contributed by atoms with Gasteiger partial charge >= 0.3 is 0 Å². The maximum atomic E-state index is 13.0. The highest BCUT2D eigenvalue weighted by molar-refractivity contribution is 6.30. The fraction of sp³-hybridized carbons (Fsp3) is 0. The molecule has 3 aromatic rings. The average Bonchev–Trinajstić information content (AvgIpc) is 2.81. The van der Waals surface area contributed by atoms with E-state index in [1.54, 1.807) is 24.3 Å². The van der Waals surface area contributed by atoms with E-state index in [2.05, 4.69) is 5.16 Å². The van der Waals surface area contributed by atoms with E-state index >= 15 is 0 Å². The van der Waals surface area contributed by atoms with E-state index in [1.807, 2.05) is 12.1 Å². The van der Waals surface area contributed by atoms with Crippen molar-refractivity contribution in [3.8, 4) is 22.5 Å². The van der Waals surface area contributed by atoms with Crippen LogP contribution in [0.3, 0.4) is 0 Å². The molecular weight excluding hydrogens is 279 g/mol. The molecule has 20 heavy (non-hydrogen) atoms. The van der Waals surface area contributed by atoms with E-state index in [1.165, 1.54) is 12.1 Å². The Morgan fingerprint density at radius 3 is 2.50 bits per heavy atom.